The highest BCUT2D eigenvalue weighted by Crippen LogP contribution is 2.18. The lowest BCUT2D eigenvalue weighted by Gasteiger charge is -2.35. The van der Waals surface area contributed by atoms with Crippen LogP contribution in [0.3, 0.4) is 0 Å². The van der Waals surface area contributed by atoms with Gasteiger partial charge in [-0.2, -0.15) is 5.10 Å². The molecular formula is C14H18N6O2. The largest absolute Gasteiger partial charge is 0.372 e. The fourth-order valence-electron chi connectivity index (χ4n) is 2.53. The van der Waals surface area contributed by atoms with Crippen LogP contribution in [0, 0.1) is 0 Å². The summed E-state index contributed by atoms with van der Waals surface area (Å²) in [6, 6.07) is 3.38. The van der Waals surface area contributed by atoms with Crippen LogP contribution in [0.5, 0.6) is 0 Å². The standard InChI is InChI=1S/C14H18N6O2/c1-10-6-19(7-11(2)22-10)14(21)18-12-4-3-5-16-13(12)20-9-15-8-17-20/h3-5,8-11H,6-7H2,1-2H3,(H,18,21). The van der Waals surface area contributed by atoms with Crippen LogP contribution >= 0.6 is 0 Å². The van der Waals surface area contributed by atoms with E-state index >= 15 is 0 Å². The number of carbonyl (C=O) groups is 1. The molecule has 0 aliphatic carbocycles. The molecule has 8 heteroatoms. The second kappa shape index (κ2) is 6.10. The van der Waals surface area contributed by atoms with Gasteiger partial charge in [-0.3, -0.25) is 0 Å². The number of pyridine rings is 1. The van der Waals surface area contributed by atoms with Gasteiger partial charge >= 0.3 is 6.03 Å². The predicted octanol–water partition coefficient (Wildman–Crippen LogP) is 1.30. The van der Waals surface area contributed by atoms with Crippen LogP contribution in [-0.4, -0.2) is 56.0 Å². The Bertz CT molecular complexity index is 635. The average Bonchev–Trinajstić information content (AvgIpc) is 3.01. The van der Waals surface area contributed by atoms with Crippen LogP contribution in [-0.2, 0) is 4.74 Å². The molecule has 2 amide bonds. The van der Waals surface area contributed by atoms with Crippen molar-refractivity contribution in [3.63, 3.8) is 0 Å². The van der Waals surface area contributed by atoms with Crippen molar-refractivity contribution in [1.29, 1.82) is 0 Å². The zero-order valence-corrected chi connectivity index (χ0v) is 12.5. The van der Waals surface area contributed by atoms with Crippen molar-refractivity contribution in [2.75, 3.05) is 18.4 Å². The van der Waals surface area contributed by atoms with E-state index in [1.54, 1.807) is 23.2 Å². The number of hydrogen-bond acceptors (Lipinski definition) is 5. The number of urea groups is 1. The maximum Gasteiger partial charge on any atom is 0.322 e. The lowest BCUT2D eigenvalue weighted by Crippen LogP contribution is -2.49. The van der Waals surface area contributed by atoms with Crippen LogP contribution in [0.15, 0.2) is 31.0 Å². The predicted molar refractivity (Wildman–Crippen MR) is 79.8 cm³/mol. The molecular weight excluding hydrogens is 284 g/mol. The lowest BCUT2D eigenvalue weighted by molar-refractivity contribution is -0.0530. The normalized spacial score (nSPS) is 21.6. The molecule has 1 aliphatic rings. The number of anilines is 1. The van der Waals surface area contributed by atoms with E-state index < -0.39 is 0 Å². The Morgan fingerprint density at radius 2 is 2.14 bits per heavy atom. The monoisotopic (exact) mass is 302 g/mol. The van der Waals surface area contributed by atoms with Gasteiger partial charge in [0.25, 0.3) is 0 Å². The van der Waals surface area contributed by atoms with Gasteiger partial charge in [-0.1, -0.05) is 0 Å². The highest BCUT2D eigenvalue weighted by Gasteiger charge is 2.26. The first-order valence-electron chi connectivity index (χ1n) is 7.15. The van der Waals surface area contributed by atoms with Crippen LogP contribution < -0.4 is 5.32 Å². The van der Waals surface area contributed by atoms with Gasteiger partial charge in [0.1, 0.15) is 12.7 Å². The van der Waals surface area contributed by atoms with Crippen molar-refractivity contribution in [2.24, 2.45) is 0 Å². The minimum absolute atomic E-state index is 0.0261. The van der Waals surface area contributed by atoms with E-state index in [-0.39, 0.29) is 18.2 Å². The van der Waals surface area contributed by atoms with E-state index in [4.69, 9.17) is 4.74 Å². The Balaban J connectivity index is 1.77. The van der Waals surface area contributed by atoms with E-state index in [1.807, 2.05) is 13.8 Å². The number of ether oxygens (including phenoxy) is 1. The van der Waals surface area contributed by atoms with Crippen molar-refractivity contribution in [2.45, 2.75) is 26.1 Å². The molecule has 0 radical (unpaired) electrons. The van der Waals surface area contributed by atoms with Gasteiger partial charge in [-0.05, 0) is 26.0 Å². The first-order valence-corrected chi connectivity index (χ1v) is 7.15. The number of hydrogen-bond donors (Lipinski definition) is 1. The number of aromatic nitrogens is 4. The topological polar surface area (TPSA) is 85.2 Å². The summed E-state index contributed by atoms with van der Waals surface area (Å²) in [5.41, 5.74) is 0.588. The fourth-order valence-corrected chi connectivity index (χ4v) is 2.53. The fraction of sp³-hybridized carbons (Fsp3) is 0.429. The Hall–Kier alpha value is -2.48. The zero-order valence-electron chi connectivity index (χ0n) is 12.5. The van der Waals surface area contributed by atoms with Crippen molar-refractivity contribution >= 4 is 11.7 Å². The molecule has 0 bridgehead atoms. The molecule has 0 saturated carbocycles. The molecule has 2 atom stereocenters. The molecule has 1 aliphatic heterocycles. The molecule has 0 spiro atoms. The summed E-state index contributed by atoms with van der Waals surface area (Å²) < 4.78 is 7.16. The smallest absolute Gasteiger partial charge is 0.322 e. The second-order valence-corrected chi connectivity index (χ2v) is 5.31. The Morgan fingerprint density at radius 3 is 2.82 bits per heavy atom. The van der Waals surface area contributed by atoms with Crippen LogP contribution in [0.1, 0.15) is 13.8 Å². The molecule has 2 aromatic heterocycles. The first kappa shape index (κ1) is 14.5. The molecule has 8 nitrogen and oxygen atoms in total. The van der Waals surface area contributed by atoms with Gasteiger partial charge in [-0.15, -0.1) is 0 Å². The van der Waals surface area contributed by atoms with Crippen LogP contribution in [0.2, 0.25) is 0 Å². The molecule has 1 N–H and O–H groups in total. The number of rotatable bonds is 2. The van der Waals surface area contributed by atoms with E-state index in [9.17, 15) is 4.79 Å². The average molecular weight is 302 g/mol. The SMILES string of the molecule is CC1CN(C(=O)Nc2cccnc2-n2cncn2)CC(C)O1. The quantitative estimate of drug-likeness (QED) is 0.904. The van der Waals surface area contributed by atoms with E-state index in [1.165, 1.54) is 17.3 Å². The van der Waals surface area contributed by atoms with Crippen molar-refractivity contribution in [3.8, 4) is 5.82 Å². The lowest BCUT2D eigenvalue weighted by atomic mass is 10.2. The number of morpholine rings is 1. The molecule has 3 heterocycles. The summed E-state index contributed by atoms with van der Waals surface area (Å²) >= 11 is 0. The van der Waals surface area contributed by atoms with Gasteiger partial charge in [0, 0.05) is 19.3 Å². The second-order valence-electron chi connectivity index (χ2n) is 5.31. The van der Waals surface area contributed by atoms with E-state index in [2.05, 4.69) is 20.4 Å². The van der Waals surface area contributed by atoms with Gasteiger partial charge in [0.2, 0.25) is 0 Å². The van der Waals surface area contributed by atoms with Crippen molar-refractivity contribution in [3.05, 3.63) is 31.0 Å². The highest BCUT2D eigenvalue weighted by molar-refractivity contribution is 5.91. The maximum atomic E-state index is 12.5. The Labute approximate surface area is 128 Å². The minimum atomic E-state index is -0.170. The molecule has 2 unspecified atom stereocenters. The van der Waals surface area contributed by atoms with Gasteiger partial charge < -0.3 is 15.0 Å². The van der Waals surface area contributed by atoms with Crippen LogP contribution in [0.25, 0.3) is 5.82 Å². The minimum Gasteiger partial charge on any atom is -0.372 e. The summed E-state index contributed by atoms with van der Waals surface area (Å²) in [6.45, 7) is 5.05. The summed E-state index contributed by atoms with van der Waals surface area (Å²) in [6.07, 6.45) is 4.66. The molecule has 3 rings (SSSR count). The molecule has 1 saturated heterocycles. The zero-order chi connectivity index (χ0) is 15.5. The summed E-state index contributed by atoms with van der Waals surface area (Å²) in [5.74, 6) is 0.530. The highest BCUT2D eigenvalue weighted by atomic mass is 16.5. The van der Waals surface area contributed by atoms with E-state index in [0.29, 0.717) is 24.6 Å². The van der Waals surface area contributed by atoms with Crippen molar-refractivity contribution in [1.82, 2.24) is 24.6 Å². The maximum absolute atomic E-state index is 12.5. The van der Waals surface area contributed by atoms with Gasteiger partial charge in [0.05, 0.1) is 17.9 Å². The summed E-state index contributed by atoms with van der Waals surface area (Å²) in [7, 11) is 0. The number of carbonyl (C=O) groups excluding carboxylic acids is 1. The molecule has 22 heavy (non-hydrogen) atoms. The van der Waals surface area contributed by atoms with Gasteiger partial charge in [0.15, 0.2) is 5.82 Å². The van der Waals surface area contributed by atoms with Crippen molar-refractivity contribution < 1.29 is 9.53 Å². The Morgan fingerprint density at radius 1 is 1.36 bits per heavy atom. The Kier molecular flexibility index (Phi) is 4.01. The van der Waals surface area contributed by atoms with E-state index in [0.717, 1.165) is 0 Å². The third-order valence-corrected chi connectivity index (χ3v) is 3.37. The number of nitrogens with zero attached hydrogens (tertiary/aromatic N) is 5. The molecule has 2 aromatic rings. The summed E-state index contributed by atoms with van der Waals surface area (Å²) in [4.78, 5) is 22.4. The number of nitrogens with one attached hydrogen (secondary N) is 1. The number of amides is 2. The third kappa shape index (κ3) is 3.06. The van der Waals surface area contributed by atoms with Gasteiger partial charge in [-0.25, -0.2) is 19.4 Å². The molecule has 1 fully saturated rings. The summed E-state index contributed by atoms with van der Waals surface area (Å²) in [5, 5.41) is 6.94. The molecule has 116 valence electrons. The molecule has 0 aromatic carbocycles. The first-order chi connectivity index (χ1) is 10.6. The third-order valence-electron chi connectivity index (χ3n) is 3.37. The van der Waals surface area contributed by atoms with Crippen LogP contribution in [0.4, 0.5) is 10.5 Å².